The van der Waals surface area contributed by atoms with Crippen molar-refractivity contribution in [3.05, 3.63) is 27.4 Å². The average Bonchev–Trinajstić information content (AvgIpc) is 2.25. The molecule has 0 bridgehead atoms. The molecule has 2 N–H and O–H groups in total. The van der Waals surface area contributed by atoms with E-state index in [1.54, 1.807) is 6.92 Å². The zero-order valence-corrected chi connectivity index (χ0v) is 11.6. The highest BCUT2D eigenvalue weighted by Crippen LogP contribution is 2.08. The Morgan fingerprint density at radius 3 is 2.39 bits per heavy atom. The summed E-state index contributed by atoms with van der Waals surface area (Å²) < 4.78 is 0. The zero-order chi connectivity index (χ0) is 13.9. The molecule has 0 spiro atoms. The minimum absolute atomic E-state index is 0.111. The molecule has 0 aliphatic rings. The summed E-state index contributed by atoms with van der Waals surface area (Å²) in [5.74, 6) is 0.726. The maximum atomic E-state index is 11.9. The van der Waals surface area contributed by atoms with Gasteiger partial charge in [0.2, 0.25) is 0 Å². The van der Waals surface area contributed by atoms with Crippen LogP contribution < -0.4 is 10.9 Å². The molecule has 18 heavy (non-hydrogen) atoms. The molecule has 1 aromatic rings. The topological polar surface area (TPSA) is 74.8 Å². The molecule has 1 heterocycles. The molecule has 1 aromatic heterocycles. The van der Waals surface area contributed by atoms with Gasteiger partial charge < -0.3 is 10.3 Å². The van der Waals surface area contributed by atoms with Crippen LogP contribution in [0.5, 0.6) is 0 Å². The monoisotopic (exact) mass is 251 g/mol. The molecule has 0 atom stereocenters. The minimum atomic E-state index is -0.368. The second-order valence-electron chi connectivity index (χ2n) is 5.17. The summed E-state index contributed by atoms with van der Waals surface area (Å²) in [4.78, 5) is 30.7. The lowest BCUT2D eigenvalue weighted by Crippen LogP contribution is -2.34. The second-order valence-corrected chi connectivity index (χ2v) is 5.17. The standard InChI is InChI=1S/C13H21N3O2/c1-7(2)6-14-12(17)10-9(5)15-11(8(3)4)16-13(10)18/h7-8H,6H2,1-5H3,(H,14,17)(H,15,16,18). The van der Waals surface area contributed by atoms with E-state index in [1.807, 2.05) is 27.7 Å². The van der Waals surface area contributed by atoms with Gasteiger partial charge in [-0.15, -0.1) is 0 Å². The van der Waals surface area contributed by atoms with Gasteiger partial charge in [-0.1, -0.05) is 27.7 Å². The van der Waals surface area contributed by atoms with Crippen LogP contribution in [0.15, 0.2) is 4.79 Å². The van der Waals surface area contributed by atoms with Crippen LogP contribution >= 0.6 is 0 Å². The quantitative estimate of drug-likeness (QED) is 0.853. The van der Waals surface area contributed by atoms with Gasteiger partial charge >= 0.3 is 0 Å². The number of hydrogen-bond acceptors (Lipinski definition) is 3. The predicted octanol–water partition coefficient (Wildman–Crippen LogP) is 1.59. The number of H-pyrrole nitrogens is 1. The Hall–Kier alpha value is -1.65. The molecular weight excluding hydrogens is 230 g/mol. The SMILES string of the molecule is Cc1nc(C(C)C)[nH]c(=O)c1C(=O)NCC(C)C. The van der Waals surface area contributed by atoms with E-state index in [1.165, 1.54) is 0 Å². The van der Waals surface area contributed by atoms with Gasteiger partial charge in [0.1, 0.15) is 11.4 Å². The molecular formula is C13H21N3O2. The summed E-state index contributed by atoms with van der Waals surface area (Å²) in [7, 11) is 0. The molecule has 5 heteroatoms. The lowest BCUT2D eigenvalue weighted by atomic mass is 10.1. The molecule has 100 valence electrons. The van der Waals surface area contributed by atoms with Gasteiger partial charge in [-0.3, -0.25) is 9.59 Å². The molecule has 0 aliphatic heterocycles. The Kier molecular flexibility index (Phi) is 4.64. The van der Waals surface area contributed by atoms with Crippen molar-refractivity contribution in [2.24, 2.45) is 5.92 Å². The van der Waals surface area contributed by atoms with Crippen molar-refractivity contribution >= 4 is 5.91 Å². The van der Waals surface area contributed by atoms with E-state index in [-0.39, 0.29) is 22.9 Å². The molecule has 0 unspecified atom stereocenters. The molecule has 5 nitrogen and oxygen atoms in total. The van der Waals surface area contributed by atoms with Gasteiger partial charge in [-0.25, -0.2) is 4.98 Å². The number of nitrogens with one attached hydrogen (secondary N) is 2. The molecule has 0 aromatic carbocycles. The van der Waals surface area contributed by atoms with Crippen LogP contribution in [0.3, 0.4) is 0 Å². The molecule has 0 radical (unpaired) electrons. The van der Waals surface area contributed by atoms with E-state index < -0.39 is 0 Å². The average molecular weight is 251 g/mol. The van der Waals surface area contributed by atoms with Crippen LogP contribution in [0.4, 0.5) is 0 Å². The van der Waals surface area contributed by atoms with Crippen molar-refractivity contribution in [2.45, 2.75) is 40.5 Å². The van der Waals surface area contributed by atoms with E-state index in [9.17, 15) is 9.59 Å². The van der Waals surface area contributed by atoms with E-state index in [0.29, 0.717) is 24.0 Å². The summed E-state index contributed by atoms with van der Waals surface area (Å²) in [5, 5.41) is 2.73. The summed E-state index contributed by atoms with van der Waals surface area (Å²) in [6.07, 6.45) is 0. The summed E-state index contributed by atoms with van der Waals surface area (Å²) in [5.41, 5.74) is 0.219. The number of aryl methyl sites for hydroxylation is 1. The minimum Gasteiger partial charge on any atom is -0.352 e. The number of carbonyl (C=O) groups is 1. The van der Waals surface area contributed by atoms with Gasteiger partial charge in [-0.2, -0.15) is 0 Å². The fourth-order valence-corrected chi connectivity index (χ4v) is 1.53. The van der Waals surface area contributed by atoms with Crippen molar-refractivity contribution in [2.75, 3.05) is 6.54 Å². The summed E-state index contributed by atoms with van der Waals surface area (Å²) in [6.45, 7) is 10.1. The van der Waals surface area contributed by atoms with Crippen LogP contribution in [-0.2, 0) is 0 Å². The van der Waals surface area contributed by atoms with Crippen molar-refractivity contribution < 1.29 is 4.79 Å². The fourth-order valence-electron chi connectivity index (χ4n) is 1.53. The molecule has 0 saturated carbocycles. The van der Waals surface area contributed by atoms with Crippen LogP contribution in [0.25, 0.3) is 0 Å². The fraction of sp³-hybridized carbons (Fsp3) is 0.615. The van der Waals surface area contributed by atoms with Crippen molar-refractivity contribution in [1.29, 1.82) is 0 Å². The van der Waals surface area contributed by atoms with E-state index >= 15 is 0 Å². The maximum absolute atomic E-state index is 11.9. The highest BCUT2D eigenvalue weighted by Gasteiger charge is 2.17. The van der Waals surface area contributed by atoms with Gasteiger partial charge in [0, 0.05) is 12.5 Å². The lowest BCUT2D eigenvalue weighted by molar-refractivity contribution is 0.0946. The Labute approximate surface area is 107 Å². The number of carbonyl (C=O) groups excluding carboxylic acids is 1. The third-order valence-electron chi connectivity index (χ3n) is 2.56. The molecule has 0 aliphatic carbocycles. The third-order valence-corrected chi connectivity index (χ3v) is 2.56. The number of nitrogens with zero attached hydrogens (tertiary/aromatic N) is 1. The third kappa shape index (κ3) is 3.42. The number of amides is 1. The first-order valence-corrected chi connectivity index (χ1v) is 6.22. The molecule has 1 amide bonds. The van der Waals surface area contributed by atoms with Gasteiger partial charge in [0.15, 0.2) is 0 Å². The Bertz CT molecular complexity index is 489. The van der Waals surface area contributed by atoms with E-state index in [2.05, 4.69) is 15.3 Å². The second kappa shape index (κ2) is 5.80. The summed E-state index contributed by atoms with van der Waals surface area (Å²) in [6, 6.07) is 0. The number of aromatic amines is 1. The largest absolute Gasteiger partial charge is 0.352 e. The van der Waals surface area contributed by atoms with Crippen molar-refractivity contribution in [3.63, 3.8) is 0 Å². The first-order valence-electron chi connectivity index (χ1n) is 6.22. The zero-order valence-electron chi connectivity index (χ0n) is 11.6. The smallest absolute Gasteiger partial charge is 0.264 e. The Morgan fingerprint density at radius 1 is 1.33 bits per heavy atom. The Balaban J connectivity index is 3.03. The highest BCUT2D eigenvalue weighted by molar-refractivity contribution is 5.94. The summed E-state index contributed by atoms with van der Waals surface area (Å²) >= 11 is 0. The van der Waals surface area contributed by atoms with Crippen molar-refractivity contribution in [1.82, 2.24) is 15.3 Å². The van der Waals surface area contributed by atoms with Crippen molar-refractivity contribution in [3.8, 4) is 0 Å². The van der Waals surface area contributed by atoms with Crippen LogP contribution in [-0.4, -0.2) is 22.4 Å². The first kappa shape index (κ1) is 14.4. The molecule has 0 fully saturated rings. The van der Waals surface area contributed by atoms with Gasteiger partial charge in [0.25, 0.3) is 11.5 Å². The van der Waals surface area contributed by atoms with Crippen LogP contribution in [0.1, 0.15) is 55.5 Å². The number of aromatic nitrogens is 2. The number of hydrogen-bond donors (Lipinski definition) is 2. The lowest BCUT2D eigenvalue weighted by Gasteiger charge is -2.10. The first-order chi connectivity index (χ1) is 8.32. The Morgan fingerprint density at radius 2 is 1.94 bits per heavy atom. The number of rotatable bonds is 4. The highest BCUT2D eigenvalue weighted by atomic mass is 16.2. The normalized spacial score (nSPS) is 11.1. The molecule has 1 rings (SSSR count). The maximum Gasteiger partial charge on any atom is 0.264 e. The van der Waals surface area contributed by atoms with Crippen LogP contribution in [0.2, 0.25) is 0 Å². The van der Waals surface area contributed by atoms with Gasteiger partial charge in [0.05, 0.1) is 5.69 Å². The van der Waals surface area contributed by atoms with E-state index in [4.69, 9.17) is 0 Å². The van der Waals surface area contributed by atoms with E-state index in [0.717, 1.165) is 0 Å². The van der Waals surface area contributed by atoms with Gasteiger partial charge in [-0.05, 0) is 12.8 Å². The van der Waals surface area contributed by atoms with Crippen LogP contribution in [0, 0.1) is 12.8 Å². The predicted molar refractivity (Wildman–Crippen MR) is 70.9 cm³/mol. The molecule has 0 saturated heterocycles.